The Morgan fingerprint density at radius 2 is 2.00 bits per heavy atom. The van der Waals surface area contributed by atoms with Crippen LogP contribution in [-0.2, 0) is 0 Å². The summed E-state index contributed by atoms with van der Waals surface area (Å²) in [4.78, 5) is 10.7. The maximum Gasteiger partial charge on any atom is 0.256 e. The van der Waals surface area contributed by atoms with Gasteiger partial charge < -0.3 is 5.11 Å². The van der Waals surface area contributed by atoms with Crippen LogP contribution < -0.4 is 0 Å². The third-order valence-electron chi connectivity index (χ3n) is 1.24. The van der Waals surface area contributed by atoms with E-state index in [1.54, 1.807) is 6.07 Å². The minimum Gasteiger partial charge on any atom is -0.506 e. The topological polar surface area (TPSA) is 37.3 Å². The Bertz CT molecular complexity index is 338. The molecule has 12 heavy (non-hydrogen) atoms. The van der Waals surface area contributed by atoms with Crippen molar-refractivity contribution in [2.24, 2.45) is 0 Å². The van der Waals surface area contributed by atoms with Gasteiger partial charge in [0.25, 0.3) is 5.24 Å². The predicted octanol–water partition coefficient (Wildman–Crippen LogP) is 3.30. The minimum atomic E-state index is -0.686. The lowest BCUT2D eigenvalue weighted by Crippen LogP contribution is -1.90. The molecule has 0 fully saturated rings. The van der Waals surface area contributed by atoms with Gasteiger partial charge in [-0.15, -0.1) is 0 Å². The molecule has 1 aromatic rings. The monoisotopic (exact) mass is 312 g/mol. The smallest absolute Gasteiger partial charge is 0.256 e. The van der Waals surface area contributed by atoms with Crippen molar-refractivity contribution >= 4 is 48.7 Å². The van der Waals surface area contributed by atoms with Gasteiger partial charge in [0.05, 0.1) is 10.0 Å². The van der Waals surface area contributed by atoms with Crippen molar-refractivity contribution in [1.29, 1.82) is 0 Å². The SMILES string of the molecule is O=C(Cl)c1cc(Br)cc(Br)c1O. The van der Waals surface area contributed by atoms with E-state index in [1.165, 1.54) is 6.07 Å². The first kappa shape index (κ1) is 10.0. The number of phenolic OH excluding ortho intramolecular Hbond substituents is 1. The zero-order valence-corrected chi connectivity index (χ0v) is 9.57. The number of halogens is 3. The molecule has 0 radical (unpaired) electrons. The van der Waals surface area contributed by atoms with Gasteiger partial charge >= 0.3 is 0 Å². The van der Waals surface area contributed by atoms with Crippen LogP contribution in [0.2, 0.25) is 0 Å². The molecule has 0 atom stereocenters. The molecule has 0 aromatic heterocycles. The number of hydrogen-bond donors (Lipinski definition) is 1. The van der Waals surface area contributed by atoms with Crippen LogP contribution in [0.15, 0.2) is 21.1 Å². The highest BCUT2D eigenvalue weighted by atomic mass is 79.9. The molecule has 1 N–H and O–H groups in total. The molecule has 0 amide bonds. The lowest BCUT2D eigenvalue weighted by Gasteiger charge is -2.02. The van der Waals surface area contributed by atoms with E-state index < -0.39 is 5.24 Å². The summed E-state index contributed by atoms with van der Waals surface area (Å²) >= 11 is 11.4. The Morgan fingerprint density at radius 1 is 1.42 bits per heavy atom. The molecule has 0 aliphatic rings. The summed E-state index contributed by atoms with van der Waals surface area (Å²) in [6.45, 7) is 0. The van der Waals surface area contributed by atoms with Gasteiger partial charge in [0, 0.05) is 4.47 Å². The first-order valence-corrected chi connectivity index (χ1v) is 4.86. The highest BCUT2D eigenvalue weighted by Crippen LogP contribution is 2.32. The first-order valence-electron chi connectivity index (χ1n) is 2.90. The van der Waals surface area contributed by atoms with E-state index >= 15 is 0 Å². The van der Waals surface area contributed by atoms with Crippen LogP contribution in [0.5, 0.6) is 5.75 Å². The molecule has 0 saturated heterocycles. The van der Waals surface area contributed by atoms with Crippen molar-refractivity contribution in [2.75, 3.05) is 0 Å². The summed E-state index contributed by atoms with van der Waals surface area (Å²) in [6, 6.07) is 3.08. The second-order valence-corrected chi connectivity index (χ2v) is 4.17. The molecular weight excluding hydrogens is 311 g/mol. The maximum atomic E-state index is 10.7. The summed E-state index contributed by atoms with van der Waals surface area (Å²) in [5, 5.41) is 8.63. The normalized spacial score (nSPS) is 9.92. The quantitative estimate of drug-likeness (QED) is 0.808. The van der Waals surface area contributed by atoms with Gasteiger partial charge in [0.1, 0.15) is 5.75 Å². The lowest BCUT2D eigenvalue weighted by atomic mass is 10.2. The van der Waals surface area contributed by atoms with Crippen LogP contribution in [0, 0.1) is 0 Å². The molecule has 0 bridgehead atoms. The average Bonchev–Trinajstić information content (AvgIpc) is 1.96. The molecular formula is C7H3Br2ClO2. The third-order valence-corrected chi connectivity index (χ3v) is 2.51. The molecule has 2 nitrogen and oxygen atoms in total. The van der Waals surface area contributed by atoms with Gasteiger partial charge in [0.2, 0.25) is 0 Å². The highest BCUT2D eigenvalue weighted by molar-refractivity contribution is 9.11. The Labute approximate surface area is 90.8 Å². The van der Waals surface area contributed by atoms with Crippen molar-refractivity contribution in [2.45, 2.75) is 0 Å². The predicted molar refractivity (Wildman–Crippen MR) is 53.7 cm³/mol. The summed E-state index contributed by atoms with van der Waals surface area (Å²) < 4.78 is 1.11. The zero-order chi connectivity index (χ0) is 9.30. The molecule has 1 aromatic carbocycles. The van der Waals surface area contributed by atoms with Crippen LogP contribution in [-0.4, -0.2) is 10.3 Å². The van der Waals surface area contributed by atoms with Crippen LogP contribution >= 0.6 is 43.5 Å². The first-order chi connectivity index (χ1) is 5.52. The second-order valence-electron chi connectivity index (χ2n) is 2.06. The molecule has 0 saturated carbocycles. The summed E-state index contributed by atoms with van der Waals surface area (Å²) in [5.41, 5.74) is 0.0814. The fourth-order valence-corrected chi connectivity index (χ4v) is 2.09. The molecule has 0 aliphatic carbocycles. The standard InChI is InChI=1S/C7H3Br2ClO2/c8-3-1-4(7(10)12)6(11)5(9)2-3/h1-2,11H. The van der Waals surface area contributed by atoms with Gasteiger partial charge in [0.15, 0.2) is 0 Å². The molecule has 5 heteroatoms. The van der Waals surface area contributed by atoms with Crippen molar-refractivity contribution in [1.82, 2.24) is 0 Å². The maximum absolute atomic E-state index is 10.7. The number of aromatic hydroxyl groups is 1. The number of carbonyl (C=O) groups is 1. The molecule has 0 unspecified atom stereocenters. The largest absolute Gasteiger partial charge is 0.506 e. The molecule has 0 spiro atoms. The van der Waals surface area contributed by atoms with Gasteiger partial charge in [-0.3, -0.25) is 4.79 Å². The van der Waals surface area contributed by atoms with E-state index in [2.05, 4.69) is 31.9 Å². The lowest BCUT2D eigenvalue weighted by molar-refractivity contribution is 0.107. The van der Waals surface area contributed by atoms with Crippen molar-refractivity contribution in [3.63, 3.8) is 0 Å². The summed E-state index contributed by atoms with van der Waals surface area (Å²) in [6.07, 6.45) is 0. The van der Waals surface area contributed by atoms with E-state index in [1.807, 2.05) is 0 Å². The molecule has 1 rings (SSSR count). The Balaban J connectivity index is 3.37. The fourth-order valence-electron chi connectivity index (χ4n) is 0.716. The second kappa shape index (κ2) is 3.77. The van der Waals surface area contributed by atoms with E-state index in [4.69, 9.17) is 11.6 Å². The number of rotatable bonds is 1. The van der Waals surface area contributed by atoms with E-state index in [0.717, 1.165) is 0 Å². The Morgan fingerprint density at radius 3 is 2.50 bits per heavy atom. The number of benzene rings is 1. The van der Waals surface area contributed by atoms with Gasteiger partial charge in [-0.05, 0) is 39.7 Å². The summed E-state index contributed by atoms with van der Waals surface area (Å²) in [7, 11) is 0. The number of carbonyl (C=O) groups excluding carboxylic acids is 1. The van der Waals surface area contributed by atoms with Gasteiger partial charge in [-0.1, -0.05) is 15.9 Å². The van der Waals surface area contributed by atoms with E-state index in [0.29, 0.717) is 8.95 Å². The molecule has 0 heterocycles. The third kappa shape index (κ3) is 2.00. The molecule has 64 valence electrons. The van der Waals surface area contributed by atoms with Crippen LogP contribution in [0.3, 0.4) is 0 Å². The Hall–Kier alpha value is -0.0600. The van der Waals surface area contributed by atoms with E-state index in [9.17, 15) is 9.90 Å². The van der Waals surface area contributed by atoms with Crippen molar-refractivity contribution in [3.05, 3.63) is 26.6 Å². The van der Waals surface area contributed by atoms with Gasteiger partial charge in [-0.2, -0.15) is 0 Å². The summed E-state index contributed by atoms with van der Waals surface area (Å²) in [5.74, 6) is -0.141. The highest BCUT2D eigenvalue weighted by Gasteiger charge is 2.12. The van der Waals surface area contributed by atoms with Crippen LogP contribution in [0.4, 0.5) is 0 Å². The molecule has 0 aliphatic heterocycles. The minimum absolute atomic E-state index is 0.0814. The van der Waals surface area contributed by atoms with Crippen LogP contribution in [0.25, 0.3) is 0 Å². The number of hydrogen-bond acceptors (Lipinski definition) is 2. The number of phenols is 1. The van der Waals surface area contributed by atoms with Crippen LogP contribution in [0.1, 0.15) is 10.4 Å². The Kier molecular flexibility index (Phi) is 3.15. The zero-order valence-electron chi connectivity index (χ0n) is 5.64. The van der Waals surface area contributed by atoms with Crippen molar-refractivity contribution in [3.8, 4) is 5.75 Å². The van der Waals surface area contributed by atoms with Crippen molar-refractivity contribution < 1.29 is 9.90 Å². The van der Waals surface area contributed by atoms with Gasteiger partial charge in [-0.25, -0.2) is 0 Å². The van der Waals surface area contributed by atoms with E-state index in [-0.39, 0.29) is 11.3 Å². The fraction of sp³-hybridized carbons (Fsp3) is 0. The average molecular weight is 314 g/mol.